The fourth-order valence-corrected chi connectivity index (χ4v) is 3.20. The van der Waals surface area contributed by atoms with Gasteiger partial charge >= 0.3 is 0 Å². The fraction of sp³-hybridized carbons (Fsp3) is 0.611. The van der Waals surface area contributed by atoms with Gasteiger partial charge < -0.3 is 4.90 Å². The first-order valence-electron chi connectivity index (χ1n) is 7.83. The van der Waals surface area contributed by atoms with Crippen LogP contribution in [0.1, 0.15) is 58.3 Å². The van der Waals surface area contributed by atoms with Crippen molar-refractivity contribution in [2.45, 2.75) is 53.4 Å². The second kappa shape index (κ2) is 6.53. The summed E-state index contributed by atoms with van der Waals surface area (Å²) in [6, 6.07) is 2.19. The van der Waals surface area contributed by atoms with Crippen molar-refractivity contribution >= 4 is 5.78 Å². The Morgan fingerprint density at radius 2 is 1.55 bits per heavy atom. The van der Waals surface area contributed by atoms with E-state index in [0.717, 1.165) is 36.3 Å². The van der Waals surface area contributed by atoms with Crippen LogP contribution in [0, 0.1) is 27.7 Å². The van der Waals surface area contributed by atoms with E-state index in [2.05, 4.69) is 38.7 Å². The maximum absolute atomic E-state index is 12.6. The van der Waals surface area contributed by atoms with Gasteiger partial charge in [-0.2, -0.15) is 0 Å². The van der Waals surface area contributed by atoms with Gasteiger partial charge in [-0.1, -0.05) is 12.5 Å². The zero-order valence-electron chi connectivity index (χ0n) is 13.4. The minimum Gasteiger partial charge on any atom is -0.303 e. The smallest absolute Gasteiger partial charge is 0.164 e. The van der Waals surface area contributed by atoms with E-state index in [1.165, 1.54) is 30.4 Å². The molecule has 110 valence electrons. The van der Waals surface area contributed by atoms with Gasteiger partial charge in [0.1, 0.15) is 0 Å². The van der Waals surface area contributed by atoms with Crippen LogP contribution in [0.4, 0.5) is 0 Å². The van der Waals surface area contributed by atoms with E-state index >= 15 is 0 Å². The maximum Gasteiger partial charge on any atom is 0.164 e. The number of hydrogen-bond acceptors (Lipinski definition) is 2. The van der Waals surface area contributed by atoms with E-state index in [1.54, 1.807) is 0 Å². The Morgan fingerprint density at radius 1 is 1.00 bits per heavy atom. The number of carbonyl (C=O) groups excluding carboxylic acids is 1. The number of benzene rings is 1. The maximum atomic E-state index is 12.6. The Morgan fingerprint density at radius 3 is 2.10 bits per heavy atom. The molecule has 0 aliphatic carbocycles. The zero-order valence-corrected chi connectivity index (χ0v) is 13.4. The van der Waals surface area contributed by atoms with Gasteiger partial charge in [-0.05, 0) is 75.9 Å². The molecule has 1 aromatic carbocycles. The molecular formula is C18H27NO. The molecule has 0 radical (unpaired) electrons. The van der Waals surface area contributed by atoms with Crippen LogP contribution in [0.3, 0.4) is 0 Å². The van der Waals surface area contributed by atoms with Crippen molar-refractivity contribution in [1.82, 2.24) is 4.90 Å². The SMILES string of the molecule is Cc1cc(C)c(C)c(C(=O)CCN2CCCCC2)c1C. The summed E-state index contributed by atoms with van der Waals surface area (Å²) in [5, 5.41) is 0. The number of piperidine rings is 1. The highest BCUT2D eigenvalue weighted by Gasteiger charge is 2.17. The molecule has 0 saturated carbocycles. The van der Waals surface area contributed by atoms with Crippen molar-refractivity contribution in [3.05, 3.63) is 33.9 Å². The Bertz CT molecular complexity index is 472. The van der Waals surface area contributed by atoms with Gasteiger partial charge in [0, 0.05) is 18.5 Å². The minimum absolute atomic E-state index is 0.317. The van der Waals surface area contributed by atoms with Crippen LogP contribution in [0.2, 0.25) is 0 Å². The van der Waals surface area contributed by atoms with Crippen molar-refractivity contribution in [2.75, 3.05) is 19.6 Å². The third kappa shape index (κ3) is 3.29. The summed E-state index contributed by atoms with van der Waals surface area (Å²) in [4.78, 5) is 15.0. The average Bonchev–Trinajstić information content (AvgIpc) is 2.44. The number of Topliss-reactive ketones (excluding diaryl/α,β-unsaturated/α-hetero) is 1. The molecule has 0 atom stereocenters. The molecule has 0 bridgehead atoms. The molecular weight excluding hydrogens is 246 g/mol. The molecule has 1 aliphatic rings. The molecule has 1 fully saturated rings. The lowest BCUT2D eigenvalue weighted by molar-refractivity contribution is 0.0957. The van der Waals surface area contributed by atoms with E-state index in [0.29, 0.717) is 12.2 Å². The zero-order chi connectivity index (χ0) is 14.7. The average molecular weight is 273 g/mol. The summed E-state index contributed by atoms with van der Waals surface area (Å²) >= 11 is 0. The lowest BCUT2D eigenvalue weighted by Crippen LogP contribution is -2.31. The molecule has 0 spiro atoms. The summed E-state index contributed by atoms with van der Waals surface area (Å²) < 4.78 is 0. The molecule has 0 unspecified atom stereocenters. The molecule has 1 saturated heterocycles. The normalized spacial score (nSPS) is 16.4. The number of carbonyl (C=O) groups is 1. The molecule has 20 heavy (non-hydrogen) atoms. The van der Waals surface area contributed by atoms with Crippen LogP contribution in [-0.4, -0.2) is 30.3 Å². The van der Waals surface area contributed by atoms with E-state index < -0.39 is 0 Å². The number of aryl methyl sites for hydroxylation is 2. The van der Waals surface area contributed by atoms with E-state index in [4.69, 9.17) is 0 Å². The van der Waals surface area contributed by atoms with Crippen molar-refractivity contribution in [1.29, 1.82) is 0 Å². The van der Waals surface area contributed by atoms with Crippen LogP contribution in [0.5, 0.6) is 0 Å². The largest absolute Gasteiger partial charge is 0.303 e. The highest BCUT2D eigenvalue weighted by molar-refractivity contribution is 5.99. The van der Waals surface area contributed by atoms with Crippen LogP contribution in [0.25, 0.3) is 0 Å². The van der Waals surface area contributed by atoms with Gasteiger partial charge in [-0.15, -0.1) is 0 Å². The summed E-state index contributed by atoms with van der Waals surface area (Å²) in [5.74, 6) is 0.317. The first kappa shape index (κ1) is 15.2. The van der Waals surface area contributed by atoms with Gasteiger partial charge in [0.2, 0.25) is 0 Å². The second-order valence-corrected chi connectivity index (χ2v) is 6.21. The monoisotopic (exact) mass is 273 g/mol. The molecule has 1 heterocycles. The van der Waals surface area contributed by atoms with Gasteiger partial charge in [0.15, 0.2) is 5.78 Å². The summed E-state index contributed by atoms with van der Waals surface area (Å²) in [6.45, 7) is 11.6. The fourth-order valence-electron chi connectivity index (χ4n) is 3.20. The molecule has 2 nitrogen and oxygen atoms in total. The van der Waals surface area contributed by atoms with Gasteiger partial charge in [-0.3, -0.25) is 4.79 Å². The van der Waals surface area contributed by atoms with E-state index in [1.807, 2.05) is 0 Å². The minimum atomic E-state index is 0.317. The van der Waals surface area contributed by atoms with Crippen molar-refractivity contribution in [3.63, 3.8) is 0 Å². The third-order valence-electron chi connectivity index (χ3n) is 4.75. The Kier molecular flexibility index (Phi) is 4.98. The molecule has 2 heteroatoms. The Balaban J connectivity index is 2.09. The number of rotatable bonds is 4. The second-order valence-electron chi connectivity index (χ2n) is 6.21. The van der Waals surface area contributed by atoms with Crippen LogP contribution >= 0.6 is 0 Å². The highest BCUT2D eigenvalue weighted by Crippen LogP contribution is 2.23. The molecule has 1 aliphatic heterocycles. The third-order valence-corrected chi connectivity index (χ3v) is 4.75. The standard InChI is InChI=1S/C18H27NO/c1-13-12-14(2)16(4)18(15(13)3)17(20)8-11-19-9-6-5-7-10-19/h12H,5-11H2,1-4H3. The molecule has 2 rings (SSSR count). The predicted molar refractivity (Wildman–Crippen MR) is 84.6 cm³/mol. The van der Waals surface area contributed by atoms with E-state index in [-0.39, 0.29) is 0 Å². The predicted octanol–water partition coefficient (Wildman–Crippen LogP) is 3.98. The summed E-state index contributed by atoms with van der Waals surface area (Å²) in [5.41, 5.74) is 5.76. The lowest BCUT2D eigenvalue weighted by Gasteiger charge is -2.26. The molecule has 0 N–H and O–H groups in total. The van der Waals surface area contributed by atoms with Gasteiger partial charge in [0.25, 0.3) is 0 Å². The Labute approximate surface area is 123 Å². The van der Waals surface area contributed by atoms with Crippen molar-refractivity contribution in [2.24, 2.45) is 0 Å². The first-order chi connectivity index (χ1) is 9.50. The lowest BCUT2D eigenvalue weighted by atomic mass is 9.90. The summed E-state index contributed by atoms with van der Waals surface area (Å²) in [6.07, 6.45) is 4.58. The highest BCUT2D eigenvalue weighted by atomic mass is 16.1. The van der Waals surface area contributed by atoms with Crippen LogP contribution in [0.15, 0.2) is 6.07 Å². The quantitative estimate of drug-likeness (QED) is 0.773. The number of nitrogens with zero attached hydrogens (tertiary/aromatic N) is 1. The number of hydrogen-bond donors (Lipinski definition) is 0. The number of ketones is 1. The Hall–Kier alpha value is -1.15. The molecule has 1 aromatic rings. The van der Waals surface area contributed by atoms with Crippen LogP contribution in [-0.2, 0) is 0 Å². The van der Waals surface area contributed by atoms with Gasteiger partial charge in [-0.25, -0.2) is 0 Å². The van der Waals surface area contributed by atoms with Gasteiger partial charge in [0.05, 0.1) is 0 Å². The molecule has 0 amide bonds. The van der Waals surface area contributed by atoms with E-state index in [9.17, 15) is 4.79 Å². The molecule has 0 aromatic heterocycles. The summed E-state index contributed by atoms with van der Waals surface area (Å²) in [7, 11) is 0. The van der Waals surface area contributed by atoms with Crippen LogP contribution < -0.4 is 0 Å². The first-order valence-corrected chi connectivity index (χ1v) is 7.83. The topological polar surface area (TPSA) is 20.3 Å². The van der Waals surface area contributed by atoms with Crippen molar-refractivity contribution < 1.29 is 4.79 Å². The number of likely N-dealkylation sites (tertiary alicyclic amines) is 1. The van der Waals surface area contributed by atoms with Crippen molar-refractivity contribution in [3.8, 4) is 0 Å².